The molecule has 0 aromatic heterocycles. The summed E-state index contributed by atoms with van der Waals surface area (Å²) in [5, 5.41) is 3.44. The van der Waals surface area contributed by atoms with E-state index in [9.17, 15) is 4.79 Å². The number of carbonyl (C=O) groups excluding carboxylic acids is 1. The molecule has 74 valence electrons. The van der Waals surface area contributed by atoms with Crippen molar-refractivity contribution < 1.29 is 14.3 Å². The fraction of sp³-hybridized carbons (Fsp3) is 0.889. The van der Waals surface area contributed by atoms with Crippen LogP contribution in [0.25, 0.3) is 0 Å². The smallest absolute Gasteiger partial charge is 0.302 e. The zero-order valence-electron chi connectivity index (χ0n) is 7.79. The lowest BCUT2D eigenvalue weighted by Crippen LogP contribution is -2.56. The largest absolute Gasteiger partial charge is 0.462 e. The number of ether oxygens (including phenoxy) is 2. The van der Waals surface area contributed by atoms with Crippen LogP contribution in [0.2, 0.25) is 0 Å². The Morgan fingerprint density at radius 1 is 1.38 bits per heavy atom. The molecular weight excluding hydrogens is 170 g/mol. The Morgan fingerprint density at radius 3 is 2.54 bits per heavy atom. The second-order valence-electron chi connectivity index (χ2n) is 3.80. The third kappa shape index (κ3) is 2.19. The molecule has 0 spiro atoms. The number of carbonyl (C=O) groups is 1. The Kier molecular flexibility index (Phi) is 2.51. The molecule has 13 heavy (non-hydrogen) atoms. The molecule has 0 aliphatic carbocycles. The maximum absolute atomic E-state index is 10.8. The molecule has 0 saturated carbocycles. The van der Waals surface area contributed by atoms with Crippen molar-refractivity contribution in [3.8, 4) is 0 Å². The van der Waals surface area contributed by atoms with E-state index in [1.807, 2.05) is 0 Å². The van der Waals surface area contributed by atoms with Gasteiger partial charge in [-0.25, -0.2) is 0 Å². The van der Waals surface area contributed by atoms with Crippen LogP contribution < -0.4 is 5.32 Å². The van der Waals surface area contributed by atoms with Gasteiger partial charge in [0.05, 0.1) is 13.2 Å². The molecule has 0 aromatic rings. The van der Waals surface area contributed by atoms with E-state index in [1.165, 1.54) is 6.92 Å². The number of hydrogen-bond donors (Lipinski definition) is 1. The minimum Gasteiger partial charge on any atom is -0.462 e. The Bertz CT molecular complexity index is 195. The van der Waals surface area contributed by atoms with Gasteiger partial charge < -0.3 is 14.8 Å². The van der Waals surface area contributed by atoms with E-state index < -0.39 is 0 Å². The van der Waals surface area contributed by atoms with Gasteiger partial charge in [-0.3, -0.25) is 4.79 Å². The first-order chi connectivity index (χ1) is 6.24. The van der Waals surface area contributed by atoms with E-state index in [1.54, 1.807) is 0 Å². The third-order valence-electron chi connectivity index (χ3n) is 2.54. The molecule has 2 heterocycles. The summed E-state index contributed by atoms with van der Waals surface area (Å²) in [4.78, 5) is 10.8. The highest BCUT2D eigenvalue weighted by atomic mass is 16.5. The van der Waals surface area contributed by atoms with E-state index in [2.05, 4.69) is 5.32 Å². The monoisotopic (exact) mass is 185 g/mol. The third-order valence-corrected chi connectivity index (χ3v) is 2.54. The van der Waals surface area contributed by atoms with Crippen molar-refractivity contribution in [3.63, 3.8) is 0 Å². The van der Waals surface area contributed by atoms with Crippen LogP contribution in [0.3, 0.4) is 0 Å². The van der Waals surface area contributed by atoms with Crippen LogP contribution in [0, 0.1) is 0 Å². The van der Waals surface area contributed by atoms with Gasteiger partial charge in [-0.15, -0.1) is 0 Å². The molecule has 4 nitrogen and oxygen atoms in total. The number of piperidine rings is 1. The maximum atomic E-state index is 10.8. The molecule has 2 rings (SSSR count). The summed E-state index contributed by atoms with van der Waals surface area (Å²) in [5.41, 5.74) is 0. The maximum Gasteiger partial charge on any atom is 0.302 e. The van der Waals surface area contributed by atoms with Crippen LogP contribution >= 0.6 is 0 Å². The van der Waals surface area contributed by atoms with Crippen molar-refractivity contribution >= 4 is 5.97 Å². The Morgan fingerprint density at radius 2 is 2.00 bits per heavy atom. The molecule has 0 aromatic carbocycles. The van der Waals surface area contributed by atoms with Gasteiger partial charge in [0.25, 0.3) is 0 Å². The van der Waals surface area contributed by atoms with Crippen LogP contribution in [-0.2, 0) is 14.3 Å². The zero-order chi connectivity index (χ0) is 9.26. The normalized spacial score (nSPS) is 38.4. The quantitative estimate of drug-likeness (QED) is 0.587. The summed E-state index contributed by atoms with van der Waals surface area (Å²) in [6.45, 7) is 2.96. The highest BCUT2D eigenvalue weighted by Gasteiger charge is 2.33. The number of morpholine rings is 1. The highest BCUT2D eigenvalue weighted by molar-refractivity contribution is 5.66. The van der Waals surface area contributed by atoms with Crippen LogP contribution in [-0.4, -0.2) is 37.4 Å². The fourth-order valence-corrected chi connectivity index (χ4v) is 2.12. The minimum atomic E-state index is -0.175. The Balaban J connectivity index is 1.90. The molecule has 2 aliphatic heterocycles. The number of hydrogen-bond acceptors (Lipinski definition) is 4. The number of esters is 1. The molecular formula is C9H15NO3. The Hall–Kier alpha value is -0.610. The van der Waals surface area contributed by atoms with E-state index in [0.717, 1.165) is 26.1 Å². The van der Waals surface area contributed by atoms with Gasteiger partial charge in [0.2, 0.25) is 0 Å². The zero-order valence-corrected chi connectivity index (χ0v) is 7.79. The molecule has 0 amide bonds. The molecule has 2 aliphatic rings. The van der Waals surface area contributed by atoms with E-state index >= 15 is 0 Å². The van der Waals surface area contributed by atoms with Crippen LogP contribution in [0.5, 0.6) is 0 Å². The van der Waals surface area contributed by atoms with Crippen molar-refractivity contribution in [3.05, 3.63) is 0 Å². The lowest BCUT2D eigenvalue weighted by molar-refractivity contribution is -0.150. The molecule has 4 heteroatoms. The van der Waals surface area contributed by atoms with Crippen LogP contribution in [0.1, 0.15) is 19.8 Å². The molecule has 2 saturated heterocycles. The highest BCUT2D eigenvalue weighted by Crippen LogP contribution is 2.20. The lowest BCUT2D eigenvalue weighted by atomic mass is 9.95. The van der Waals surface area contributed by atoms with Gasteiger partial charge in [-0.2, -0.15) is 0 Å². The molecule has 2 bridgehead atoms. The summed E-state index contributed by atoms with van der Waals surface area (Å²) in [7, 11) is 0. The molecule has 2 atom stereocenters. The van der Waals surface area contributed by atoms with Crippen molar-refractivity contribution in [2.75, 3.05) is 13.2 Å². The predicted molar refractivity (Wildman–Crippen MR) is 46.3 cm³/mol. The first kappa shape index (κ1) is 8.97. The topological polar surface area (TPSA) is 47.6 Å². The van der Waals surface area contributed by atoms with Crippen molar-refractivity contribution in [2.24, 2.45) is 0 Å². The van der Waals surface area contributed by atoms with E-state index in [4.69, 9.17) is 9.47 Å². The summed E-state index contributed by atoms with van der Waals surface area (Å²) in [6.07, 6.45) is 1.87. The van der Waals surface area contributed by atoms with Gasteiger partial charge in [0.1, 0.15) is 6.10 Å². The van der Waals surface area contributed by atoms with Crippen molar-refractivity contribution in [1.82, 2.24) is 5.32 Å². The molecule has 0 radical (unpaired) electrons. The van der Waals surface area contributed by atoms with Crippen LogP contribution in [0.4, 0.5) is 0 Å². The van der Waals surface area contributed by atoms with Gasteiger partial charge >= 0.3 is 5.97 Å². The SMILES string of the molecule is CC(=O)OC1CC2COCC(C1)N2. The second-order valence-corrected chi connectivity index (χ2v) is 3.80. The lowest BCUT2D eigenvalue weighted by Gasteiger charge is -2.39. The van der Waals surface area contributed by atoms with Gasteiger partial charge in [-0.05, 0) is 0 Å². The van der Waals surface area contributed by atoms with Crippen LogP contribution in [0.15, 0.2) is 0 Å². The average molecular weight is 185 g/mol. The number of rotatable bonds is 1. The standard InChI is InChI=1S/C9H15NO3/c1-6(11)13-9-2-7-4-12-5-8(3-9)10-7/h7-10H,2-5H2,1H3. The molecule has 2 fully saturated rings. The molecule has 1 N–H and O–H groups in total. The Labute approximate surface area is 77.6 Å². The summed E-state index contributed by atoms with van der Waals surface area (Å²) < 4.78 is 10.6. The van der Waals surface area contributed by atoms with Gasteiger partial charge in [0, 0.05) is 31.8 Å². The van der Waals surface area contributed by atoms with E-state index in [0.29, 0.717) is 12.1 Å². The number of nitrogens with one attached hydrogen (secondary N) is 1. The van der Waals surface area contributed by atoms with E-state index in [-0.39, 0.29) is 12.1 Å². The minimum absolute atomic E-state index is 0.0950. The van der Waals surface area contributed by atoms with Gasteiger partial charge in [0.15, 0.2) is 0 Å². The van der Waals surface area contributed by atoms with Crippen molar-refractivity contribution in [2.45, 2.75) is 38.0 Å². The first-order valence-electron chi connectivity index (χ1n) is 4.75. The second kappa shape index (κ2) is 3.64. The molecule has 2 unspecified atom stereocenters. The number of fused-ring (bicyclic) bond motifs is 2. The van der Waals surface area contributed by atoms with Gasteiger partial charge in [-0.1, -0.05) is 0 Å². The average Bonchev–Trinajstić information content (AvgIpc) is 2.01. The van der Waals surface area contributed by atoms with Crippen molar-refractivity contribution in [1.29, 1.82) is 0 Å². The first-order valence-corrected chi connectivity index (χ1v) is 4.75. The summed E-state index contributed by atoms with van der Waals surface area (Å²) in [5.74, 6) is -0.175. The summed E-state index contributed by atoms with van der Waals surface area (Å²) in [6, 6.07) is 0.744. The summed E-state index contributed by atoms with van der Waals surface area (Å²) >= 11 is 0. The predicted octanol–water partition coefficient (Wildman–Crippen LogP) is 0.0689. The fourth-order valence-electron chi connectivity index (χ4n) is 2.12.